The zero-order chi connectivity index (χ0) is 13.8. The molecule has 0 spiro atoms. The topological polar surface area (TPSA) is 83.0 Å². The summed E-state index contributed by atoms with van der Waals surface area (Å²) in [5.74, 6) is -0.371. The van der Waals surface area contributed by atoms with Crippen LogP contribution in [0, 0.1) is 0 Å². The number of rotatable bonds is 4. The van der Waals surface area contributed by atoms with Crippen LogP contribution in [0.15, 0.2) is 34.6 Å². The summed E-state index contributed by atoms with van der Waals surface area (Å²) >= 11 is 1.39. The third-order valence-corrected chi connectivity index (χ3v) is 3.54. The highest BCUT2D eigenvalue weighted by atomic mass is 32.2. The number of carbonyl (C=O) groups is 1. The summed E-state index contributed by atoms with van der Waals surface area (Å²) in [6, 6.07) is 5.07. The molecular weight excluding hydrogens is 264 g/mol. The van der Waals surface area contributed by atoms with Gasteiger partial charge in [-0.1, -0.05) is 0 Å². The molecule has 0 aliphatic rings. The number of aromatic nitrogens is 3. The predicted molar refractivity (Wildman–Crippen MR) is 71.9 cm³/mol. The van der Waals surface area contributed by atoms with Crippen molar-refractivity contribution in [3.63, 3.8) is 0 Å². The molecule has 0 amide bonds. The Labute approximate surface area is 115 Å². The van der Waals surface area contributed by atoms with Gasteiger partial charge in [-0.3, -0.25) is 0 Å². The van der Waals surface area contributed by atoms with Crippen molar-refractivity contribution in [3.05, 3.63) is 30.1 Å². The van der Waals surface area contributed by atoms with Gasteiger partial charge in [0.2, 0.25) is 0 Å². The standard InChI is InChI=1S/C12H14N4O2S/c1-3-18-11(17)8-4-5-10(9(13)6-8)19-12-15-14-7-16(12)2/h4-7H,3,13H2,1-2H3. The Balaban J connectivity index is 2.20. The largest absolute Gasteiger partial charge is 0.462 e. The Morgan fingerprint density at radius 2 is 2.32 bits per heavy atom. The second-order valence-electron chi connectivity index (χ2n) is 3.80. The van der Waals surface area contributed by atoms with Crippen molar-refractivity contribution in [1.29, 1.82) is 0 Å². The predicted octanol–water partition coefficient (Wildman–Crippen LogP) is 1.73. The van der Waals surface area contributed by atoms with E-state index in [2.05, 4.69) is 10.2 Å². The fraction of sp³-hybridized carbons (Fsp3) is 0.250. The number of nitrogens with zero attached hydrogens (tertiary/aromatic N) is 3. The number of nitrogens with two attached hydrogens (primary N) is 1. The number of aryl methyl sites for hydroxylation is 1. The minimum absolute atomic E-state index is 0.341. The first-order valence-electron chi connectivity index (χ1n) is 5.70. The fourth-order valence-electron chi connectivity index (χ4n) is 1.45. The van der Waals surface area contributed by atoms with Crippen LogP contribution in [0.4, 0.5) is 5.69 Å². The summed E-state index contributed by atoms with van der Waals surface area (Å²) in [4.78, 5) is 12.4. The Kier molecular flexibility index (Phi) is 4.06. The van der Waals surface area contributed by atoms with Gasteiger partial charge < -0.3 is 15.0 Å². The van der Waals surface area contributed by atoms with Gasteiger partial charge in [0.15, 0.2) is 5.16 Å². The molecule has 0 radical (unpaired) electrons. The van der Waals surface area contributed by atoms with E-state index in [1.54, 1.807) is 36.0 Å². The molecule has 1 heterocycles. The quantitative estimate of drug-likeness (QED) is 0.677. The fourth-order valence-corrected chi connectivity index (χ4v) is 2.23. The van der Waals surface area contributed by atoms with E-state index in [9.17, 15) is 4.79 Å². The van der Waals surface area contributed by atoms with Gasteiger partial charge in [0, 0.05) is 17.6 Å². The summed E-state index contributed by atoms with van der Waals surface area (Å²) in [5, 5.41) is 8.49. The van der Waals surface area contributed by atoms with Crippen molar-refractivity contribution >= 4 is 23.4 Å². The number of anilines is 1. The van der Waals surface area contributed by atoms with Gasteiger partial charge in [-0.25, -0.2) is 4.79 Å². The molecule has 0 unspecified atom stereocenters. The van der Waals surface area contributed by atoms with Gasteiger partial charge >= 0.3 is 5.97 Å². The molecule has 0 aliphatic carbocycles. The van der Waals surface area contributed by atoms with Crippen LogP contribution in [0.5, 0.6) is 0 Å². The van der Waals surface area contributed by atoms with Crippen molar-refractivity contribution < 1.29 is 9.53 Å². The minimum atomic E-state index is -0.371. The molecule has 1 aromatic heterocycles. The highest BCUT2D eigenvalue weighted by molar-refractivity contribution is 7.99. The maximum absolute atomic E-state index is 11.6. The zero-order valence-electron chi connectivity index (χ0n) is 10.7. The number of ether oxygens (including phenoxy) is 1. The third kappa shape index (κ3) is 3.05. The van der Waals surface area contributed by atoms with Gasteiger partial charge in [0.25, 0.3) is 0 Å². The molecule has 1 aromatic carbocycles. The second-order valence-corrected chi connectivity index (χ2v) is 4.81. The SMILES string of the molecule is CCOC(=O)c1ccc(Sc2nncn2C)c(N)c1. The number of hydrogen-bond donors (Lipinski definition) is 1. The number of carbonyl (C=O) groups excluding carboxylic acids is 1. The van der Waals surface area contributed by atoms with Crippen molar-refractivity contribution in [2.24, 2.45) is 7.05 Å². The van der Waals surface area contributed by atoms with E-state index in [1.165, 1.54) is 11.8 Å². The summed E-state index contributed by atoms with van der Waals surface area (Å²) in [7, 11) is 1.85. The van der Waals surface area contributed by atoms with Crippen LogP contribution in [0.3, 0.4) is 0 Å². The first kappa shape index (κ1) is 13.4. The molecule has 7 heteroatoms. The Bertz CT molecular complexity index is 597. The van der Waals surface area contributed by atoms with Crippen LogP contribution < -0.4 is 5.73 Å². The van der Waals surface area contributed by atoms with Gasteiger partial charge in [0.05, 0.1) is 12.2 Å². The lowest BCUT2D eigenvalue weighted by Gasteiger charge is -2.07. The van der Waals surface area contributed by atoms with Gasteiger partial charge in [-0.15, -0.1) is 10.2 Å². The first-order valence-corrected chi connectivity index (χ1v) is 6.52. The molecule has 0 bridgehead atoms. The average Bonchev–Trinajstić information content (AvgIpc) is 2.78. The molecule has 2 N–H and O–H groups in total. The molecular formula is C12H14N4O2S. The molecule has 2 rings (SSSR count). The molecule has 0 saturated heterocycles. The molecule has 0 fully saturated rings. The lowest BCUT2D eigenvalue weighted by atomic mass is 10.2. The number of benzene rings is 1. The zero-order valence-corrected chi connectivity index (χ0v) is 11.5. The first-order chi connectivity index (χ1) is 9.11. The van der Waals surface area contributed by atoms with E-state index >= 15 is 0 Å². The number of hydrogen-bond acceptors (Lipinski definition) is 6. The molecule has 0 saturated carbocycles. The summed E-state index contributed by atoms with van der Waals surface area (Å²) < 4.78 is 6.72. The Morgan fingerprint density at radius 3 is 2.89 bits per heavy atom. The molecule has 0 atom stereocenters. The normalized spacial score (nSPS) is 10.4. The lowest BCUT2D eigenvalue weighted by molar-refractivity contribution is 0.0526. The molecule has 6 nitrogen and oxygen atoms in total. The maximum Gasteiger partial charge on any atom is 0.338 e. The Hall–Kier alpha value is -2.02. The van der Waals surface area contributed by atoms with Crippen LogP contribution in [-0.2, 0) is 11.8 Å². The number of nitrogen functional groups attached to an aromatic ring is 1. The smallest absolute Gasteiger partial charge is 0.338 e. The average molecular weight is 278 g/mol. The molecule has 19 heavy (non-hydrogen) atoms. The van der Waals surface area contributed by atoms with Gasteiger partial charge in [0.1, 0.15) is 6.33 Å². The van der Waals surface area contributed by atoms with Crippen LogP contribution in [0.1, 0.15) is 17.3 Å². The minimum Gasteiger partial charge on any atom is -0.462 e. The van der Waals surface area contributed by atoms with E-state index in [0.717, 1.165) is 10.1 Å². The van der Waals surface area contributed by atoms with Crippen LogP contribution in [0.2, 0.25) is 0 Å². The highest BCUT2D eigenvalue weighted by Crippen LogP contribution is 2.31. The monoisotopic (exact) mass is 278 g/mol. The summed E-state index contributed by atoms with van der Waals surface area (Å²) in [6.07, 6.45) is 1.62. The lowest BCUT2D eigenvalue weighted by Crippen LogP contribution is -2.05. The van der Waals surface area contributed by atoms with E-state index in [1.807, 2.05) is 7.05 Å². The number of esters is 1. The van der Waals surface area contributed by atoms with E-state index in [-0.39, 0.29) is 5.97 Å². The third-order valence-electron chi connectivity index (χ3n) is 2.39. The van der Waals surface area contributed by atoms with E-state index in [0.29, 0.717) is 17.9 Å². The molecule has 0 aliphatic heterocycles. The maximum atomic E-state index is 11.6. The van der Waals surface area contributed by atoms with Crippen LogP contribution in [-0.4, -0.2) is 27.3 Å². The van der Waals surface area contributed by atoms with Crippen molar-refractivity contribution in [1.82, 2.24) is 14.8 Å². The van der Waals surface area contributed by atoms with Crippen molar-refractivity contribution in [3.8, 4) is 0 Å². The summed E-state index contributed by atoms with van der Waals surface area (Å²) in [5.41, 5.74) is 6.89. The van der Waals surface area contributed by atoms with Gasteiger partial charge in [-0.2, -0.15) is 0 Å². The summed E-state index contributed by atoms with van der Waals surface area (Å²) in [6.45, 7) is 2.10. The van der Waals surface area contributed by atoms with E-state index < -0.39 is 0 Å². The molecule has 2 aromatic rings. The van der Waals surface area contributed by atoms with Gasteiger partial charge in [-0.05, 0) is 36.9 Å². The van der Waals surface area contributed by atoms with Crippen LogP contribution in [0.25, 0.3) is 0 Å². The van der Waals surface area contributed by atoms with Crippen molar-refractivity contribution in [2.45, 2.75) is 17.0 Å². The highest BCUT2D eigenvalue weighted by Gasteiger charge is 2.11. The second kappa shape index (κ2) is 5.75. The molecule has 100 valence electrons. The van der Waals surface area contributed by atoms with E-state index in [4.69, 9.17) is 10.5 Å². The van der Waals surface area contributed by atoms with Crippen molar-refractivity contribution in [2.75, 3.05) is 12.3 Å². The van der Waals surface area contributed by atoms with Crippen LogP contribution >= 0.6 is 11.8 Å². The Morgan fingerprint density at radius 1 is 1.53 bits per heavy atom.